The summed E-state index contributed by atoms with van der Waals surface area (Å²) in [6.07, 6.45) is -0.138. The number of hydrogen-bond acceptors (Lipinski definition) is 5. The van der Waals surface area contributed by atoms with E-state index in [4.69, 9.17) is 4.74 Å². The molecule has 0 N–H and O–H groups in total. The SMILES string of the molecule is CC(C)[C@@H](C#N)N1CCN(C(=O)CN2CCO[C@@H](c3ccc(F)cc3)C2)CC1. The van der Waals surface area contributed by atoms with Crippen LogP contribution in [0.25, 0.3) is 0 Å². The summed E-state index contributed by atoms with van der Waals surface area (Å²) in [7, 11) is 0. The van der Waals surface area contributed by atoms with E-state index in [9.17, 15) is 14.4 Å². The number of ether oxygens (including phenoxy) is 1. The van der Waals surface area contributed by atoms with Crippen molar-refractivity contribution in [3.8, 4) is 6.07 Å². The molecule has 6 nitrogen and oxygen atoms in total. The largest absolute Gasteiger partial charge is 0.371 e. The zero-order chi connectivity index (χ0) is 20.1. The quantitative estimate of drug-likeness (QED) is 0.771. The second-order valence-corrected chi connectivity index (χ2v) is 7.88. The summed E-state index contributed by atoms with van der Waals surface area (Å²) in [6.45, 7) is 9.18. The van der Waals surface area contributed by atoms with Gasteiger partial charge in [0.2, 0.25) is 5.91 Å². The average molecular weight is 388 g/mol. The lowest BCUT2D eigenvalue weighted by Crippen LogP contribution is -2.55. The van der Waals surface area contributed by atoms with E-state index < -0.39 is 0 Å². The molecule has 3 rings (SSSR count). The molecule has 1 amide bonds. The molecule has 2 atom stereocenters. The molecular formula is C21H29FN4O2. The Kier molecular flexibility index (Phi) is 7.00. The topological polar surface area (TPSA) is 59.8 Å². The van der Waals surface area contributed by atoms with Crippen molar-refractivity contribution in [2.75, 3.05) is 52.4 Å². The minimum absolute atomic E-state index is 0.0898. The highest BCUT2D eigenvalue weighted by Gasteiger charge is 2.29. The molecule has 1 aromatic carbocycles. The molecule has 0 unspecified atom stereocenters. The highest BCUT2D eigenvalue weighted by atomic mass is 19.1. The van der Waals surface area contributed by atoms with E-state index in [1.807, 2.05) is 4.90 Å². The van der Waals surface area contributed by atoms with Crippen LogP contribution in [0.2, 0.25) is 0 Å². The summed E-state index contributed by atoms with van der Waals surface area (Å²) in [5.41, 5.74) is 0.934. The third-order valence-corrected chi connectivity index (χ3v) is 5.58. The van der Waals surface area contributed by atoms with E-state index >= 15 is 0 Å². The van der Waals surface area contributed by atoms with Crippen molar-refractivity contribution >= 4 is 5.91 Å². The molecule has 7 heteroatoms. The summed E-state index contributed by atoms with van der Waals surface area (Å²) in [5, 5.41) is 9.36. The fourth-order valence-corrected chi connectivity index (χ4v) is 3.92. The monoisotopic (exact) mass is 388 g/mol. The maximum absolute atomic E-state index is 13.1. The van der Waals surface area contributed by atoms with E-state index in [0.29, 0.717) is 39.3 Å². The van der Waals surface area contributed by atoms with Gasteiger partial charge in [0.1, 0.15) is 11.9 Å². The molecule has 28 heavy (non-hydrogen) atoms. The number of nitriles is 1. The van der Waals surface area contributed by atoms with Crippen LogP contribution >= 0.6 is 0 Å². The molecule has 0 aliphatic carbocycles. The van der Waals surface area contributed by atoms with Gasteiger partial charge >= 0.3 is 0 Å². The Morgan fingerprint density at radius 2 is 1.89 bits per heavy atom. The van der Waals surface area contributed by atoms with Crippen molar-refractivity contribution in [1.29, 1.82) is 5.26 Å². The summed E-state index contributed by atoms with van der Waals surface area (Å²) in [5.74, 6) is 0.142. The molecule has 152 valence electrons. The molecule has 0 aromatic heterocycles. The first-order valence-corrected chi connectivity index (χ1v) is 9.99. The molecule has 0 spiro atoms. The number of nitrogens with zero attached hydrogens (tertiary/aromatic N) is 4. The van der Waals surface area contributed by atoms with Crippen LogP contribution in [0, 0.1) is 23.1 Å². The minimum Gasteiger partial charge on any atom is -0.371 e. The first-order chi connectivity index (χ1) is 13.5. The Morgan fingerprint density at radius 1 is 1.21 bits per heavy atom. The summed E-state index contributed by atoms with van der Waals surface area (Å²) >= 11 is 0. The Hall–Kier alpha value is -2.01. The lowest BCUT2D eigenvalue weighted by Gasteiger charge is -2.39. The van der Waals surface area contributed by atoms with Crippen LogP contribution in [0.3, 0.4) is 0 Å². The number of halogens is 1. The van der Waals surface area contributed by atoms with Crippen molar-refractivity contribution in [1.82, 2.24) is 14.7 Å². The lowest BCUT2D eigenvalue weighted by molar-refractivity contribution is -0.136. The maximum atomic E-state index is 13.1. The van der Waals surface area contributed by atoms with Gasteiger partial charge in [-0.1, -0.05) is 26.0 Å². The molecule has 2 aliphatic heterocycles. The van der Waals surface area contributed by atoms with E-state index in [1.54, 1.807) is 12.1 Å². The van der Waals surface area contributed by atoms with Gasteiger partial charge in [-0.3, -0.25) is 14.6 Å². The summed E-state index contributed by atoms with van der Waals surface area (Å²) in [4.78, 5) is 18.9. The highest BCUT2D eigenvalue weighted by molar-refractivity contribution is 5.78. The molecule has 0 radical (unpaired) electrons. The normalized spacial score (nSPS) is 22.8. The number of amides is 1. The van der Waals surface area contributed by atoms with Crippen molar-refractivity contribution in [3.63, 3.8) is 0 Å². The molecule has 2 aliphatic rings. The van der Waals surface area contributed by atoms with Crippen LogP contribution in [0.1, 0.15) is 25.5 Å². The van der Waals surface area contributed by atoms with E-state index in [-0.39, 0.29) is 29.8 Å². The van der Waals surface area contributed by atoms with Gasteiger partial charge in [0.05, 0.1) is 25.3 Å². The molecule has 2 fully saturated rings. The number of benzene rings is 1. The van der Waals surface area contributed by atoms with Crippen molar-refractivity contribution < 1.29 is 13.9 Å². The molecular weight excluding hydrogens is 359 g/mol. The Bertz CT molecular complexity index is 695. The van der Waals surface area contributed by atoms with Crippen LogP contribution in [-0.4, -0.2) is 79.1 Å². The number of morpholine rings is 1. The highest BCUT2D eigenvalue weighted by Crippen LogP contribution is 2.22. The summed E-state index contributed by atoms with van der Waals surface area (Å²) in [6, 6.07) is 8.65. The predicted octanol–water partition coefficient (Wildman–Crippen LogP) is 1.89. The predicted molar refractivity (Wildman–Crippen MR) is 104 cm³/mol. The Labute approximate surface area is 166 Å². The smallest absolute Gasteiger partial charge is 0.236 e. The zero-order valence-corrected chi connectivity index (χ0v) is 16.7. The maximum Gasteiger partial charge on any atom is 0.236 e. The van der Waals surface area contributed by atoms with Gasteiger partial charge in [-0.15, -0.1) is 0 Å². The van der Waals surface area contributed by atoms with Gasteiger partial charge in [-0.2, -0.15) is 5.26 Å². The van der Waals surface area contributed by atoms with Crippen LogP contribution in [0.5, 0.6) is 0 Å². The van der Waals surface area contributed by atoms with E-state index in [2.05, 4.69) is 29.7 Å². The molecule has 2 heterocycles. The van der Waals surface area contributed by atoms with Crippen LogP contribution in [-0.2, 0) is 9.53 Å². The standard InChI is InChI=1S/C21H29FN4O2/c1-16(2)19(13-23)25-7-9-26(10-8-25)21(27)15-24-11-12-28-20(14-24)17-3-5-18(22)6-4-17/h3-6,16,19-20H,7-12,14-15H2,1-2H3/t19-,20-/m1/s1. The van der Waals surface area contributed by atoms with Crippen molar-refractivity contribution in [3.05, 3.63) is 35.6 Å². The van der Waals surface area contributed by atoms with Crippen LogP contribution in [0.15, 0.2) is 24.3 Å². The Balaban J connectivity index is 1.50. The lowest BCUT2D eigenvalue weighted by atomic mass is 10.0. The van der Waals surface area contributed by atoms with Crippen LogP contribution < -0.4 is 0 Å². The molecule has 2 saturated heterocycles. The van der Waals surface area contributed by atoms with Gasteiger partial charge in [-0.25, -0.2) is 4.39 Å². The van der Waals surface area contributed by atoms with Gasteiger partial charge in [0.15, 0.2) is 0 Å². The Morgan fingerprint density at radius 3 is 2.50 bits per heavy atom. The van der Waals surface area contributed by atoms with Gasteiger partial charge < -0.3 is 9.64 Å². The third kappa shape index (κ3) is 5.07. The second-order valence-electron chi connectivity index (χ2n) is 7.88. The van der Waals surface area contributed by atoms with Gasteiger partial charge in [0, 0.05) is 39.3 Å². The minimum atomic E-state index is -0.262. The number of hydrogen-bond donors (Lipinski definition) is 0. The molecule has 0 saturated carbocycles. The number of carbonyl (C=O) groups excluding carboxylic acids is 1. The first kappa shape index (κ1) is 20.7. The zero-order valence-electron chi connectivity index (χ0n) is 16.7. The van der Waals surface area contributed by atoms with Crippen molar-refractivity contribution in [2.45, 2.75) is 26.0 Å². The number of carbonyl (C=O) groups is 1. The third-order valence-electron chi connectivity index (χ3n) is 5.58. The fraction of sp³-hybridized carbons (Fsp3) is 0.619. The van der Waals surface area contributed by atoms with Gasteiger partial charge in [0.25, 0.3) is 0 Å². The first-order valence-electron chi connectivity index (χ1n) is 9.99. The summed E-state index contributed by atoms with van der Waals surface area (Å²) < 4.78 is 18.9. The number of piperazine rings is 1. The second kappa shape index (κ2) is 9.46. The average Bonchev–Trinajstić information content (AvgIpc) is 2.69. The van der Waals surface area contributed by atoms with Crippen LogP contribution in [0.4, 0.5) is 4.39 Å². The van der Waals surface area contributed by atoms with E-state index in [0.717, 1.165) is 18.7 Å². The van der Waals surface area contributed by atoms with Gasteiger partial charge in [-0.05, 0) is 23.6 Å². The van der Waals surface area contributed by atoms with Crippen molar-refractivity contribution in [2.24, 2.45) is 5.92 Å². The number of rotatable bonds is 5. The molecule has 0 bridgehead atoms. The molecule has 1 aromatic rings. The van der Waals surface area contributed by atoms with E-state index in [1.165, 1.54) is 12.1 Å². The fourth-order valence-electron chi connectivity index (χ4n) is 3.92.